The van der Waals surface area contributed by atoms with Crippen LogP contribution in [0.1, 0.15) is 37.5 Å². The van der Waals surface area contributed by atoms with Crippen molar-refractivity contribution in [2.45, 2.75) is 46.0 Å². The van der Waals surface area contributed by atoms with Crippen molar-refractivity contribution in [3.05, 3.63) is 69.7 Å². The molecule has 0 fully saturated rings. The lowest BCUT2D eigenvalue weighted by molar-refractivity contribution is -0.138. The van der Waals surface area contributed by atoms with Crippen molar-refractivity contribution in [1.82, 2.24) is 10.2 Å². The van der Waals surface area contributed by atoms with E-state index in [0.29, 0.717) is 24.8 Å². The predicted molar refractivity (Wildman–Crippen MR) is 129 cm³/mol. The molecule has 2 aromatic rings. The van der Waals surface area contributed by atoms with Crippen molar-refractivity contribution in [3.63, 3.8) is 0 Å². The summed E-state index contributed by atoms with van der Waals surface area (Å²) in [6.07, 6.45) is 0. The molecule has 30 heavy (non-hydrogen) atoms. The van der Waals surface area contributed by atoms with E-state index in [9.17, 15) is 9.59 Å². The van der Waals surface area contributed by atoms with Crippen LogP contribution in [0, 0.1) is 12.8 Å². The van der Waals surface area contributed by atoms with Gasteiger partial charge in [-0.1, -0.05) is 71.7 Å². The van der Waals surface area contributed by atoms with Gasteiger partial charge < -0.3 is 10.2 Å². The van der Waals surface area contributed by atoms with E-state index >= 15 is 0 Å². The molecule has 2 rings (SSSR count). The average Bonchev–Trinajstić information content (AvgIpc) is 2.71. The molecule has 0 radical (unpaired) electrons. The van der Waals surface area contributed by atoms with Gasteiger partial charge in [0, 0.05) is 23.3 Å². The summed E-state index contributed by atoms with van der Waals surface area (Å²) in [5, 5.41) is 2.95. The summed E-state index contributed by atoms with van der Waals surface area (Å²) in [5.41, 5.74) is 3.42. The molecule has 2 aromatic carbocycles. The van der Waals surface area contributed by atoms with Crippen LogP contribution in [0.2, 0.25) is 0 Å². The summed E-state index contributed by atoms with van der Waals surface area (Å²) in [7, 11) is 0. The Balaban J connectivity index is 2.05. The molecule has 0 saturated heterocycles. The zero-order chi connectivity index (χ0) is 22.1. The van der Waals surface area contributed by atoms with Gasteiger partial charge in [-0.2, -0.15) is 0 Å². The highest BCUT2D eigenvalue weighted by Gasteiger charge is 2.26. The first-order valence-electron chi connectivity index (χ1n) is 10.2. The molecule has 2 amide bonds. The number of hydrogen-bond donors (Lipinski definition) is 1. The van der Waals surface area contributed by atoms with Gasteiger partial charge in [0.2, 0.25) is 11.8 Å². The molecule has 0 saturated carbocycles. The van der Waals surface area contributed by atoms with Crippen LogP contribution in [-0.2, 0) is 21.9 Å². The minimum atomic E-state index is -0.528. The fourth-order valence-electron chi connectivity index (χ4n) is 2.96. The number of rotatable bonds is 10. The normalized spacial score (nSPS) is 11.9. The number of carbonyl (C=O) groups is 2. The highest BCUT2D eigenvalue weighted by Crippen LogP contribution is 2.18. The average molecular weight is 491 g/mol. The first kappa shape index (κ1) is 24.5. The molecule has 0 aliphatic rings. The van der Waals surface area contributed by atoms with Gasteiger partial charge in [-0.05, 0) is 43.0 Å². The minimum Gasteiger partial charge on any atom is -0.354 e. The molecule has 0 aliphatic heterocycles. The second-order valence-electron chi connectivity index (χ2n) is 7.94. The summed E-state index contributed by atoms with van der Waals surface area (Å²) in [4.78, 5) is 27.4. The molecule has 0 aromatic heterocycles. The van der Waals surface area contributed by atoms with Crippen LogP contribution in [0.15, 0.2) is 53.0 Å². The van der Waals surface area contributed by atoms with Crippen LogP contribution in [0.4, 0.5) is 0 Å². The first-order valence-corrected chi connectivity index (χ1v) is 12.2. The number of nitrogens with one attached hydrogen (secondary N) is 1. The Labute approximate surface area is 192 Å². The Morgan fingerprint density at radius 1 is 1.07 bits per heavy atom. The SMILES string of the molecule is Cc1cccc(CSCC(=O)N(Cc2ccc(Br)cc2)[C@@H](C)C(=O)NCC(C)C)c1. The number of thioether (sulfide) groups is 1. The second-order valence-corrected chi connectivity index (χ2v) is 9.85. The Morgan fingerprint density at radius 3 is 2.40 bits per heavy atom. The molecule has 0 heterocycles. The number of amides is 2. The van der Waals surface area contributed by atoms with Gasteiger partial charge in [-0.25, -0.2) is 0 Å². The molecule has 0 spiro atoms. The topological polar surface area (TPSA) is 49.4 Å². The standard InChI is InChI=1S/C24H31BrN2O2S/c1-17(2)13-26-24(29)19(4)27(14-20-8-10-22(25)11-9-20)23(28)16-30-15-21-7-5-6-18(3)12-21/h5-12,17,19H,13-16H2,1-4H3,(H,26,29)/t19-/m0/s1. The molecule has 6 heteroatoms. The summed E-state index contributed by atoms with van der Waals surface area (Å²) < 4.78 is 0.987. The van der Waals surface area contributed by atoms with Crippen molar-refractivity contribution in [2.75, 3.05) is 12.3 Å². The van der Waals surface area contributed by atoms with Gasteiger partial charge in [-0.15, -0.1) is 11.8 Å². The van der Waals surface area contributed by atoms with E-state index in [2.05, 4.69) is 60.2 Å². The third-order valence-corrected chi connectivity index (χ3v) is 6.21. The van der Waals surface area contributed by atoms with E-state index in [1.165, 1.54) is 11.1 Å². The van der Waals surface area contributed by atoms with E-state index in [0.717, 1.165) is 15.8 Å². The van der Waals surface area contributed by atoms with Gasteiger partial charge in [0.25, 0.3) is 0 Å². The molecule has 0 unspecified atom stereocenters. The van der Waals surface area contributed by atoms with Crippen LogP contribution in [-0.4, -0.2) is 35.1 Å². The molecule has 0 bridgehead atoms. The van der Waals surface area contributed by atoms with E-state index in [1.54, 1.807) is 23.6 Å². The van der Waals surface area contributed by atoms with Gasteiger partial charge >= 0.3 is 0 Å². The third kappa shape index (κ3) is 8.15. The first-order chi connectivity index (χ1) is 14.3. The Bertz CT molecular complexity index is 839. The highest BCUT2D eigenvalue weighted by molar-refractivity contribution is 9.10. The predicted octanol–water partition coefficient (Wildman–Crippen LogP) is 5.18. The van der Waals surface area contributed by atoms with Gasteiger partial charge in [0.1, 0.15) is 6.04 Å². The van der Waals surface area contributed by atoms with Crippen molar-refractivity contribution >= 4 is 39.5 Å². The number of nitrogens with zero attached hydrogens (tertiary/aromatic N) is 1. The molecular weight excluding hydrogens is 460 g/mol. The molecule has 4 nitrogen and oxygen atoms in total. The summed E-state index contributed by atoms with van der Waals surface area (Å²) in [6.45, 7) is 8.99. The van der Waals surface area contributed by atoms with Crippen LogP contribution < -0.4 is 5.32 Å². The third-order valence-electron chi connectivity index (χ3n) is 4.69. The van der Waals surface area contributed by atoms with Gasteiger partial charge in [0.05, 0.1) is 5.75 Å². The Kier molecular flexibility index (Phi) is 9.92. The van der Waals surface area contributed by atoms with Crippen LogP contribution >= 0.6 is 27.7 Å². The number of benzene rings is 2. The number of hydrogen-bond acceptors (Lipinski definition) is 3. The molecule has 0 aliphatic carbocycles. The number of carbonyl (C=O) groups excluding carboxylic acids is 2. The monoisotopic (exact) mass is 490 g/mol. The van der Waals surface area contributed by atoms with E-state index < -0.39 is 6.04 Å². The molecule has 162 valence electrons. The fourth-order valence-corrected chi connectivity index (χ4v) is 4.08. The zero-order valence-corrected chi connectivity index (χ0v) is 20.6. The summed E-state index contributed by atoms with van der Waals surface area (Å²) in [6, 6.07) is 15.6. The maximum Gasteiger partial charge on any atom is 0.242 e. The van der Waals surface area contributed by atoms with Gasteiger partial charge in [0.15, 0.2) is 0 Å². The van der Waals surface area contributed by atoms with E-state index in [4.69, 9.17) is 0 Å². The largest absolute Gasteiger partial charge is 0.354 e. The smallest absolute Gasteiger partial charge is 0.242 e. The van der Waals surface area contributed by atoms with Crippen LogP contribution in [0.3, 0.4) is 0 Å². The van der Waals surface area contributed by atoms with Crippen molar-refractivity contribution in [1.29, 1.82) is 0 Å². The lowest BCUT2D eigenvalue weighted by Crippen LogP contribution is -2.48. The fraction of sp³-hybridized carbons (Fsp3) is 0.417. The minimum absolute atomic E-state index is 0.0252. The maximum absolute atomic E-state index is 13.1. The molecule has 1 atom stereocenters. The zero-order valence-electron chi connectivity index (χ0n) is 18.2. The lowest BCUT2D eigenvalue weighted by Gasteiger charge is -2.29. The quantitative estimate of drug-likeness (QED) is 0.498. The highest BCUT2D eigenvalue weighted by atomic mass is 79.9. The lowest BCUT2D eigenvalue weighted by atomic mass is 10.1. The number of aryl methyl sites for hydroxylation is 1. The summed E-state index contributed by atoms with van der Waals surface area (Å²) >= 11 is 5.02. The van der Waals surface area contributed by atoms with E-state index in [-0.39, 0.29) is 11.8 Å². The Hall–Kier alpha value is -1.79. The number of halogens is 1. The van der Waals surface area contributed by atoms with Crippen LogP contribution in [0.25, 0.3) is 0 Å². The Morgan fingerprint density at radius 2 is 1.77 bits per heavy atom. The van der Waals surface area contributed by atoms with Crippen molar-refractivity contribution < 1.29 is 9.59 Å². The molecular formula is C24H31BrN2O2S. The van der Waals surface area contributed by atoms with Crippen molar-refractivity contribution in [3.8, 4) is 0 Å². The van der Waals surface area contributed by atoms with Crippen LogP contribution in [0.5, 0.6) is 0 Å². The maximum atomic E-state index is 13.1. The molecule has 1 N–H and O–H groups in total. The second kappa shape index (κ2) is 12.2. The van der Waals surface area contributed by atoms with Crippen molar-refractivity contribution in [2.24, 2.45) is 5.92 Å². The van der Waals surface area contributed by atoms with E-state index in [1.807, 2.05) is 30.3 Å². The van der Waals surface area contributed by atoms with Gasteiger partial charge in [-0.3, -0.25) is 9.59 Å². The summed E-state index contributed by atoms with van der Waals surface area (Å²) in [5.74, 6) is 1.34.